The number of aromatic nitrogens is 1. The smallest absolute Gasteiger partial charge is 0.247 e. The first-order valence-corrected chi connectivity index (χ1v) is 13.4. The van der Waals surface area contributed by atoms with E-state index in [0.717, 1.165) is 27.1 Å². The Morgan fingerprint density at radius 3 is 2.75 bits per heavy atom. The molecule has 1 atom stereocenters. The summed E-state index contributed by atoms with van der Waals surface area (Å²) in [6, 6.07) is 10.6. The SMILES string of the molecule is COc1cc(Cl)c(C)cc1N1C(=O)CSc2c(c3ccccc3n2C)C1C(=O)NCCCOC(C)C. The molecular weight excluding hydrogens is 498 g/mol. The average molecular weight is 530 g/mol. The van der Waals surface area contributed by atoms with Gasteiger partial charge in [-0.25, -0.2) is 0 Å². The number of hydrogen-bond acceptors (Lipinski definition) is 5. The Labute approximate surface area is 221 Å². The number of thioether (sulfide) groups is 1. The van der Waals surface area contributed by atoms with Crippen molar-refractivity contribution >= 4 is 51.8 Å². The van der Waals surface area contributed by atoms with E-state index in [4.69, 9.17) is 21.1 Å². The molecular formula is C27H32ClN3O4S. The molecule has 0 bridgehead atoms. The molecule has 0 saturated heterocycles. The van der Waals surface area contributed by atoms with Crippen molar-refractivity contribution in [1.82, 2.24) is 9.88 Å². The van der Waals surface area contributed by atoms with Gasteiger partial charge in [0.25, 0.3) is 0 Å². The van der Waals surface area contributed by atoms with Gasteiger partial charge in [0.1, 0.15) is 11.8 Å². The number of anilines is 1. The number of para-hydroxylation sites is 1. The van der Waals surface area contributed by atoms with Crippen molar-refractivity contribution < 1.29 is 19.1 Å². The molecule has 0 saturated carbocycles. The third-order valence-corrected chi connectivity index (χ3v) is 7.83. The number of benzene rings is 2. The van der Waals surface area contributed by atoms with Crippen LogP contribution >= 0.6 is 23.4 Å². The average Bonchev–Trinajstić information content (AvgIpc) is 3.02. The molecule has 0 radical (unpaired) electrons. The van der Waals surface area contributed by atoms with Crippen LogP contribution in [0.3, 0.4) is 0 Å². The first-order chi connectivity index (χ1) is 17.2. The standard InChI is InChI=1S/C27H32ClN3O4S/c1-16(2)35-12-8-11-29-26(33)25-24-18-9-6-7-10-20(18)30(4)27(24)36-15-23(32)31(25)21-13-17(3)19(28)14-22(21)34-5/h6-7,9-10,13-14,16,25H,8,11-12,15H2,1-5H3,(H,29,33). The van der Waals surface area contributed by atoms with Crippen LogP contribution in [-0.2, 0) is 21.4 Å². The van der Waals surface area contributed by atoms with Crippen LogP contribution in [0.25, 0.3) is 10.9 Å². The van der Waals surface area contributed by atoms with Gasteiger partial charge in [0.15, 0.2) is 0 Å². The largest absolute Gasteiger partial charge is 0.495 e. The van der Waals surface area contributed by atoms with Gasteiger partial charge in [-0.2, -0.15) is 0 Å². The van der Waals surface area contributed by atoms with Crippen LogP contribution in [0, 0.1) is 6.92 Å². The Balaban J connectivity index is 1.84. The maximum atomic E-state index is 13.9. The second kappa shape index (κ2) is 11.2. The minimum absolute atomic E-state index is 0.131. The summed E-state index contributed by atoms with van der Waals surface area (Å²) >= 11 is 7.82. The van der Waals surface area contributed by atoms with Crippen molar-refractivity contribution in [3.63, 3.8) is 0 Å². The van der Waals surface area contributed by atoms with Crippen LogP contribution in [0.4, 0.5) is 5.69 Å². The van der Waals surface area contributed by atoms with Gasteiger partial charge in [-0.3, -0.25) is 14.5 Å². The zero-order valence-corrected chi connectivity index (χ0v) is 22.8. The lowest BCUT2D eigenvalue weighted by molar-refractivity contribution is -0.125. The highest BCUT2D eigenvalue weighted by Gasteiger charge is 2.40. The number of amides is 2. The summed E-state index contributed by atoms with van der Waals surface area (Å²) in [6.45, 7) is 6.82. The van der Waals surface area contributed by atoms with E-state index in [2.05, 4.69) is 9.88 Å². The van der Waals surface area contributed by atoms with Crippen LogP contribution in [-0.4, -0.2) is 48.5 Å². The summed E-state index contributed by atoms with van der Waals surface area (Å²) < 4.78 is 13.3. The molecule has 0 spiro atoms. The van der Waals surface area contributed by atoms with E-state index in [1.807, 2.05) is 58.2 Å². The molecule has 2 aromatic carbocycles. The van der Waals surface area contributed by atoms with Crippen LogP contribution in [0.15, 0.2) is 41.4 Å². The summed E-state index contributed by atoms with van der Waals surface area (Å²) in [6.07, 6.45) is 0.803. The molecule has 4 rings (SSSR count). The van der Waals surface area contributed by atoms with E-state index in [1.54, 1.807) is 11.0 Å². The molecule has 0 fully saturated rings. The second-order valence-corrected chi connectivity index (χ2v) is 10.5. The Morgan fingerprint density at radius 2 is 2.03 bits per heavy atom. The third-order valence-electron chi connectivity index (χ3n) is 6.26. The monoisotopic (exact) mass is 529 g/mol. The first kappa shape index (κ1) is 26.4. The van der Waals surface area contributed by atoms with Gasteiger partial charge in [0, 0.05) is 47.8 Å². The lowest BCUT2D eigenvalue weighted by atomic mass is 10.0. The van der Waals surface area contributed by atoms with Crippen molar-refractivity contribution in [2.75, 3.05) is 30.9 Å². The highest BCUT2D eigenvalue weighted by atomic mass is 35.5. The van der Waals surface area contributed by atoms with Gasteiger partial charge < -0.3 is 19.4 Å². The Kier molecular flexibility index (Phi) is 8.17. The van der Waals surface area contributed by atoms with Gasteiger partial charge in [0.2, 0.25) is 11.8 Å². The van der Waals surface area contributed by atoms with Crippen molar-refractivity contribution in [2.45, 2.75) is 44.4 Å². The first-order valence-electron chi connectivity index (χ1n) is 12.0. The van der Waals surface area contributed by atoms with Crippen LogP contribution < -0.4 is 15.0 Å². The van der Waals surface area contributed by atoms with E-state index in [-0.39, 0.29) is 23.7 Å². The molecule has 1 aliphatic rings. The van der Waals surface area contributed by atoms with E-state index < -0.39 is 6.04 Å². The second-order valence-electron chi connectivity index (χ2n) is 9.09. The number of carbonyl (C=O) groups excluding carboxylic acids is 2. The summed E-state index contributed by atoms with van der Waals surface area (Å²) in [5.74, 6) is 0.204. The van der Waals surface area contributed by atoms with Crippen molar-refractivity contribution in [1.29, 1.82) is 0 Å². The van der Waals surface area contributed by atoms with E-state index >= 15 is 0 Å². The van der Waals surface area contributed by atoms with E-state index in [0.29, 0.717) is 36.0 Å². The molecule has 7 nitrogen and oxygen atoms in total. The molecule has 9 heteroatoms. The van der Waals surface area contributed by atoms with Gasteiger partial charge in [-0.15, -0.1) is 0 Å². The number of methoxy groups -OCH3 is 1. The number of nitrogens with zero attached hydrogens (tertiary/aromatic N) is 2. The van der Waals surface area contributed by atoms with E-state index in [9.17, 15) is 9.59 Å². The number of aryl methyl sites for hydroxylation is 2. The van der Waals surface area contributed by atoms with Gasteiger partial charge >= 0.3 is 0 Å². The third kappa shape index (κ3) is 5.08. The van der Waals surface area contributed by atoms with Crippen LogP contribution in [0.5, 0.6) is 5.75 Å². The number of rotatable bonds is 8. The fourth-order valence-corrected chi connectivity index (χ4v) is 5.75. The number of carbonyl (C=O) groups is 2. The summed E-state index contributed by atoms with van der Waals surface area (Å²) in [5, 5.41) is 5.43. The molecule has 36 heavy (non-hydrogen) atoms. The van der Waals surface area contributed by atoms with Crippen molar-refractivity contribution in [2.24, 2.45) is 7.05 Å². The molecule has 0 aliphatic carbocycles. The Morgan fingerprint density at radius 1 is 1.28 bits per heavy atom. The van der Waals surface area contributed by atoms with Crippen molar-refractivity contribution in [3.05, 3.63) is 52.5 Å². The quantitative estimate of drug-likeness (QED) is 0.403. The predicted octanol–water partition coefficient (Wildman–Crippen LogP) is 5.26. The summed E-state index contributed by atoms with van der Waals surface area (Å²) in [4.78, 5) is 29.2. The Bertz CT molecular complexity index is 1290. The number of hydrogen-bond donors (Lipinski definition) is 1. The van der Waals surface area contributed by atoms with Crippen LogP contribution in [0.2, 0.25) is 5.02 Å². The number of ether oxygens (including phenoxy) is 2. The molecule has 2 amide bonds. The maximum Gasteiger partial charge on any atom is 0.247 e. The zero-order chi connectivity index (χ0) is 26.0. The van der Waals surface area contributed by atoms with Crippen molar-refractivity contribution in [3.8, 4) is 5.75 Å². The minimum Gasteiger partial charge on any atom is -0.495 e. The van der Waals surface area contributed by atoms with Crippen LogP contribution in [0.1, 0.15) is 37.4 Å². The van der Waals surface area contributed by atoms with Gasteiger partial charge in [0.05, 0.1) is 29.7 Å². The van der Waals surface area contributed by atoms with Gasteiger partial charge in [-0.1, -0.05) is 41.6 Å². The minimum atomic E-state index is -0.880. The molecule has 1 aromatic heterocycles. The highest BCUT2D eigenvalue weighted by Crippen LogP contribution is 2.46. The zero-order valence-electron chi connectivity index (χ0n) is 21.3. The van der Waals surface area contributed by atoms with Gasteiger partial charge in [-0.05, 0) is 44.9 Å². The maximum absolute atomic E-state index is 13.9. The number of fused-ring (bicyclic) bond motifs is 3. The number of halogens is 1. The fourth-order valence-electron chi connectivity index (χ4n) is 4.53. The molecule has 1 N–H and O–H groups in total. The Hall–Kier alpha value is -2.68. The molecule has 2 heterocycles. The predicted molar refractivity (Wildman–Crippen MR) is 145 cm³/mol. The normalized spacial score (nSPS) is 15.8. The number of nitrogens with one attached hydrogen (secondary N) is 1. The topological polar surface area (TPSA) is 72.8 Å². The summed E-state index contributed by atoms with van der Waals surface area (Å²) in [5.41, 5.74) is 3.13. The molecule has 192 valence electrons. The highest BCUT2D eigenvalue weighted by molar-refractivity contribution is 8.00. The van der Waals surface area contributed by atoms with E-state index in [1.165, 1.54) is 18.9 Å². The summed E-state index contributed by atoms with van der Waals surface area (Å²) in [7, 11) is 3.51. The lowest BCUT2D eigenvalue weighted by Gasteiger charge is -2.31. The molecule has 1 unspecified atom stereocenters. The fraction of sp³-hybridized carbons (Fsp3) is 0.407. The molecule has 1 aliphatic heterocycles. The lowest BCUT2D eigenvalue weighted by Crippen LogP contribution is -2.44. The molecule has 3 aromatic rings.